The van der Waals surface area contributed by atoms with E-state index in [1.165, 1.54) is 16.2 Å². The summed E-state index contributed by atoms with van der Waals surface area (Å²) in [5.41, 5.74) is 2.93. The Morgan fingerprint density at radius 1 is 1.06 bits per heavy atom. The third-order valence-corrected chi connectivity index (χ3v) is 7.47. The summed E-state index contributed by atoms with van der Waals surface area (Å²) >= 11 is 9.60. The second kappa shape index (κ2) is 8.55. The molecular formula is C25H16ClIN2O3S. The van der Waals surface area contributed by atoms with E-state index in [0.29, 0.717) is 26.8 Å². The second-order valence-corrected chi connectivity index (χ2v) is 10.4. The molecule has 0 spiro atoms. The Bertz CT molecular complexity index is 1450. The van der Waals surface area contributed by atoms with Crippen LogP contribution in [0.4, 0.5) is 5.13 Å². The zero-order valence-electron chi connectivity index (χ0n) is 17.3. The number of hydrogen-bond acceptors (Lipinski definition) is 5. The van der Waals surface area contributed by atoms with E-state index in [2.05, 4.69) is 27.6 Å². The highest BCUT2D eigenvalue weighted by Gasteiger charge is 2.48. The molecule has 1 unspecified atom stereocenters. The maximum Gasteiger partial charge on any atom is 0.301 e. The Kier molecular flexibility index (Phi) is 5.72. The van der Waals surface area contributed by atoms with Crippen molar-refractivity contribution in [1.82, 2.24) is 4.98 Å². The molecule has 1 saturated heterocycles. The van der Waals surface area contributed by atoms with Gasteiger partial charge in [-0.25, -0.2) is 4.98 Å². The second-order valence-electron chi connectivity index (χ2n) is 7.70. The molecular weight excluding hydrogens is 571 g/mol. The molecule has 1 atom stereocenters. The monoisotopic (exact) mass is 586 g/mol. The van der Waals surface area contributed by atoms with Gasteiger partial charge in [-0.05, 0) is 65.4 Å². The number of aryl methyl sites for hydroxylation is 1. The van der Waals surface area contributed by atoms with E-state index in [0.717, 1.165) is 13.8 Å². The highest BCUT2D eigenvalue weighted by atomic mass is 127. The van der Waals surface area contributed by atoms with Crippen LogP contribution in [0.25, 0.3) is 16.0 Å². The molecule has 0 saturated carbocycles. The molecule has 1 fully saturated rings. The number of hydrogen-bond donors (Lipinski definition) is 1. The summed E-state index contributed by atoms with van der Waals surface area (Å²) in [5.74, 6) is -1.67. The zero-order valence-corrected chi connectivity index (χ0v) is 21.0. The normalized spacial score (nSPS) is 17.8. The van der Waals surface area contributed by atoms with Crippen LogP contribution in [-0.2, 0) is 9.59 Å². The molecule has 0 aliphatic carbocycles. The number of aliphatic hydroxyl groups excluding tert-OH is 1. The predicted molar refractivity (Wildman–Crippen MR) is 140 cm³/mol. The number of amides is 1. The van der Waals surface area contributed by atoms with E-state index < -0.39 is 17.7 Å². The SMILES string of the molecule is Cc1ccc(C(O)=C2C(=O)C(=O)N(c3nc4ccc(Cl)cc4s3)C2c2ccc(I)cc2)cc1. The lowest BCUT2D eigenvalue weighted by Gasteiger charge is -2.23. The molecule has 2 heterocycles. The summed E-state index contributed by atoms with van der Waals surface area (Å²) in [5, 5.41) is 12.1. The van der Waals surface area contributed by atoms with Crippen molar-refractivity contribution in [2.24, 2.45) is 0 Å². The van der Waals surface area contributed by atoms with E-state index in [4.69, 9.17) is 11.6 Å². The lowest BCUT2D eigenvalue weighted by molar-refractivity contribution is -0.132. The molecule has 1 amide bonds. The van der Waals surface area contributed by atoms with E-state index in [1.807, 2.05) is 43.3 Å². The number of carbonyl (C=O) groups is 2. The average molecular weight is 587 g/mol. The lowest BCUT2D eigenvalue weighted by atomic mass is 9.95. The Balaban J connectivity index is 1.73. The minimum absolute atomic E-state index is 0.0438. The van der Waals surface area contributed by atoms with Gasteiger partial charge in [0.25, 0.3) is 5.78 Å². The van der Waals surface area contributed by atoms with E-state index in [1.54, 1.807) is 30.3 Å². The summed E-state index contributed by atoms with van der Waals surface area (Å²) in [4.78, 5) is 32.5. The van der Waals surface area contributed by atoms with Crippen molar-refractivity contribution < 1.29 is 14.7 Å². The molecule has 33 heavy (non-hydrogen) atoms. The highest BCUT2D eigenvalue weighted by molar-refractivity contribution is 14.1. The first-order chi connectivity index (χ1) is 15.8. The molecule has 1 aliphatic rings. The number of rotatable bonds is 3. The van der Waals surface area contributed by atoms with Crippen molar-refractivity contribution in [3.63, 3.8) is 0 Å². The summed E-state index contributed by atoms with van der Waals surface area (Å²) in [6.45, 7) is 1.94. The maximum absolute atomic E-state index is 13.3. The first-order valence-corrected chi connectivity index (χ1v) is 12.3. The molecule has 4 aromatic rings. The molecule has 164 valence electrons. The number of carbonyl (C=O) groups excluding carboxylic acids is 2. The van der Waals surface area contributed by atoms with Gasteiger partial charge in [-0.2, -0.15) is 0 Å². The molecule has 1 aliphatic heterocycles. The Labute approximate surface area is 212 Å². The average Bonchev–Trinajstić information content (AvgIpc) is 3.32. The van der Waals surface area contributed by atoms with Crippen LogP contribution in [0.3, 0.4) is 0 Å². The van der Waals surface area contributed by atoms with Crippen LogP contribution in [-0.4, -0.2) is 21.8 Å². The predicted octanol–water partition coefficient (Wildman–Crippen LogP) is 6.49. The number of thiazole rings is 1. The van der Waals surface area contributed by atoms with Gasteiger partial charge >= 0.3 is 5.91 Å². The van der Waals surface area contributed by atoms with Gasteiger partial charge < -0.3 is 5.11 Å². The third kappa shape index (κ3) is 3.94. The minimum atomic E-state index is -0.806. The maximum atomic E-state index is 13.3. The first kappa shape index (κ1) is 22.1. The van der Waals surface area contributed by atoms with Gasteiger partial charge in [0.05, 0.1) is 21.8 Å². The van der Waals surface area contributed by atoms with Gasteiger partial charge in [-0.1, -0.05) is 64.9 Å². The van der Waals surface area contributed by atoms with E-state index in [9.17, 15) is 14.7 Å². The lowest BCUT2D eigenvalue weighted by Crippen LogP contribution is -2.29. The summed E-state index contributed by atoms with van der Waals surface area (Å²) in [6, 6.07) is 19.2. The van der Waals surface area contributed by atoms with Gasteiger partial charge in [-0.15, -0.1) is 0 Å². The summed E-state index contributed by atoms with van der Waals surface area (Å²) in [6.07, 6.45) is 0. The van der Waals surface area contributed by atoms with Gasteiger partial charge in [0, 0.05) is 14.2 Å². The molecule has 5 nitrogen and oxygen atoms in total. The fourth-order valence-corrected chi connectivity index (χ4v) is 5.47. The fourth-order valence-electron chi connectivity index (χ4n) is 3.85. The molecule has 1 N–H and O–H groups in total. The summed E-state index contributed by atoms with van der Waals surface area (Å²) in [7, 11) is 0. The fraction of sp³-hybridized carbons (Fsp3) is 0.0800. The number of anilines is 1. The molecule has 0 radical (unpaired) electrons. The van der Waals surface area contributed by atoms with Crippen LogP contribution < -0.4 is 4.90 Å². The van der Waals surface area contributed by atoms with Gasteiger partial charge in [0.1, 0.15) is 5.76 Å². The van der Waals surface area contributed by atoms with Crippen molar-refractivity contribution in [2.45, 2.75) is 13.0 Å². The highest BCUT2D eigenvalue weighted by Crippen LogP contribution is 2.44. The molecule has 8 heteroatoms. The van der Waals surface area contributed by atoms with Crippen molar-refractivity contribution >= 4 is 78.3 Å². The smallest absolute Gasteiger partial charge is 0.301 e. The van der Waals surface area contributed by atoms with E-state index in [-0.39, 0.29) is 11.3 Å². The third-order valence-electron chi connectivity index (χ3n) is 5.50. The molecule has 1 aromatic heterocycles. The van der Waals surface area contributed by atoms with Crippen LogP contribution >= 0.6 is 45.5 Å². The molecule has 3 aromatic carbocycles. The number of nitrogens with zero attached hydrogens (tertiary/aromatic N) is 2. The number of ketones is 1. The van der Waals surface area contributed by atoms with Crippen molar-refractivity contribution in [2.75, 3.05) is 4.90 Å². The minimum Gasteiger partial charge on any atom is -0.507 e. The van der Waals surface area contributed by atoms with E-state index >= 15 is 0 Å². The van der Waals surface area contributed by atoms with Crippen LogP contribution in [0, 0.1) is 10.5 Å². The quantitative estimate of drug-likeness (QED) is 0.129. The van der Waals surface area contributed by atoms with Crippen LogP contribution in [0.5, 0.6) is 0 Å². The van der Waals surface area contributed by atoms with Crippen molar-refractivity contribution in [3.8, 4) is 0 Å². The van der Waals surface area contributed by atoms with Gasteiger partial charge in [0.15, 0.2) is 5.13 Å². The number of halogens is 2. The number of Topliss-reactive ketones (excluding diaryl/α,β-unsaturated/α-hetero) is 1. The Morgan fingerprint density at radius 3 is 2.45 bits per heavy atom. The number of benzene rings is 3. The van der Waals surface area contributed by atoms with Gasteiger partial charge in [-0.3, -0.25) is 14.5 Å². The molecule has 0 bridgehead atoms. The Hall–Kier alpha value is -2.75. The van der Waals surface area contributed by atoms with Crippen molar-refractivity contribution in [1.29, 1.82) is 0 Å². The van der Waals surface area contributed by atoms with Crippen molar-refractivity contribution in [3.05, 3.63) is 97.6 Å². The van der Waals surface area contributed by atoms with Crippen LogP contribution in [0.2, 0.25) is 5.02 Å². The Morgan fingerprint density at radius 2 is 1.76 bits per heavy atom. The first-order valence-electron chi connectivity index (χ1n) is 10.0. The van der Waals surface area contributed by atoms with Crippen LogP contribution in [0.1, 0.15) is 22.7 Å². The largest absolute Gasteiger partial charge is 0.507 e. The summed E-state index contributed by atoms with van der Waals surface area (Å²) < 4.78 is 1.82. The standard InChI is InChI=1S/C25H16ClIN2O3S/c1-13-2-4-15(5-3-13)22(30)20-21(14-6-9-17(27)10-7-14)29(24(32)23(20)31)25-28-18-11-8-16(26)12-19(18)33-25/h2-12,21,30H,1H3. The number of aliphatic hydroxyl groups is 1. The topological polar surface area (TPSA) is 70.5 Å². The van der Waals surface area contributed by atoms with Crippen LogP contribution in [0.15, 0.2) is 72.3 Å². The zero-order chi connectivity index (χ0) is 23.3. The number of fused-ring (bicyclic) bond motifs is 1. The number of aromatic nitrogens is 1. The van der Waals surface area contributed by atoms with Gasteiger partial charge in [0.2, 0.25) is 0 Å². The molecule has 5 rings (SSSR count).